The van der Waals surface area contributed by atoms with Gasteiger partial charge in [-0.25, -0.2) is 13.4 Å². The number of rotatable bonds is 5. The van der Waals surface area contributed by atoms with E-state index in [9.17, 15) is 13.2 Å². The Bertz CT molecular complexity index is 762. The molecular formula is C12H10N4O3S2. The number of carbonyl (C=O) groups excluding carboxylic acids is 1. The van der Waals surface area contributed by atoms with Crippen LogP contribution < -0.4 is 10.0 Å². The molecule has 0 atom stereocenters. The van der Waals surface area contributed by atoms with Crippen LogP contribution >= 0.6 is 11.3 Å². The zero-order valence-corrected chi connectivity index (χ0v) is 12.2. The van der Waals surface area contributed by atoms with E-state index in [4.69, 9.17) is 5.26 Å². The minimum atomic E-state index is -3.71. The zero-order valence-electron chi connectivity index (χ0n) is 10.6. The quantitative estimate of drug-likeness (QED) is 0.871. The van der Waals surface area contributed by atoms with Crippen LogP contribution in [0.4, 0.5) is 10.8 Å². The average Bonchev–Trinajstić information content (AvgIpc) is 2.91. The van der Waals surface area contributed by atoms with Crippen molar-refractivity contribution in [3.63, 3.8) is 0 Å². The molecule has 0 saturated heterocycles. The predicted molar refractivity (Wildman–Crippen MR) is 78.2 cm³/mol. The monoisotopic (exact) mass is 322 g/mol. The van der Waals surface area contributed by atoms with Gasteiger partial charge in [0.2, 0.25) is 5.91 Å². The number of amides is 1. The van der Waals surface area contributed by atoms with Crippen LogP contribution in [0.5, 0.6) is 0 Å². The van der Waals surface area contributed by atoms with Gasteiger partial charge < -0.3 is 5.32 Å². The highest BCUT2D eigenvalue weighted by Gasteiger charge is 2.15. The van der Waals surface area contributed by atoms with Crippen molar-refractivity contribution in [2.75, 3.05) is 10.0 Å². The largest absolute Gasteiger partial charge is 0.325 e. The number of hydrogen-bond donors (Lipinski definition) is 2. The molecule has 0 bridgehead atoms. The molecule has 21 heavy (non-hydrogen) atoms. The van der Waals surface area contributed by atoms with Gasteiger partial charge in [0.05, 0.1) is 11.0 Å². The summed E-state index contributed by atoms with van der Waals surface area (Å²) in [5.74, 6) is -0.450. The molecular weight excluding hydrogens is 312 g/mol. The lowest BCUT2D eigenvalue weighted by atomic mass is 10.3. The van der Waals surface area contributed by atoms with Crippen LogP contribution in [-0.4, -0.2) is 19.3 Å². The minimum Gasteiger partial charge on any atom is -0.325 e. The van der Waals surface area contributed by atoms with Crippen LogP contribution in [0.25, 0.3) is 0 Å². The van der Waals surface area contributed by atoms with Gasteiger partial charge in [0.25, 0.3) is 10.0 Å². The molecule has 2 aromatic rings. The Hall–Kier alpha value is -2.44. The number of nitrogens with one attached hydrogen (secondary N) is 2. The van der Waals surface area contributed by atoms with Gasteiger partial charge in [0.1, 0.15) is 6.42 Å². The maximum absolute atomic E-state index is 12.1. The number of carbonyl (C=O) groups is 1. The van der Waals surface area contributed by atoms with Gasteiger partial charge >= 0.3 is 0 Å². The van der Waals surface area contributed by atoms with Gasteiger partial charge in [-0.1, -0.05) is 0 Å². The summed E-state index contributed by atoms with van der Waals surface area (Å²) >= 11 is 1.17. The number of benzene rings is 1. The third-order valence-corrected chi connectivity index (χ3v) is 4.51. The summed E-state index contributed by atoms with van der Waals surface area (Å²) in [6.07, 6.45) is 1.24. The zero-order chi connectivity index (χ0) is 15.3. The normalized spacial score (nSPS) is 10.6. The Morgan fingerprint density at radius 2 is 2.05 bits per heavy atom. The molecule has 1 amide bonds. The van der Waals surface area contributed by atoms with Gasteiger partial charge in [0, 0.05) is 17.3 Å². The fourth-order valence-electron chi connectivity index (χ4n) is 1.44. The van der Waals surface area contributed by atoms with Crippen LogP contribution in [0.15, 0.2) is 40.7 Å². The fraction of sp³-hybridized carbons (Fsp3) is 0.0833. The molecule has 9 heteroatoms. The van der Waals surface area contributed by atoms with Gasteiger partial charge in [-0.2, -0.15) is 5.26 Å². The first kappa shape index (κ1) is 15.0. The Morgan fingerprint density at radius 1 is 1.33 bits per heavy atom. The molecule has 0 spiro atoms. The first-order valence-corrected chi connectivity index (χ1v) is 8.07. The number of nitriles is 1. The Morgan fingerprint density at radius 3 is 2.62 bits per heavy atom. The van der Waals surface area contributed by atoms with Crippen LogP contribution in [0.2, 0.25) is 0 Å². The number of thiazole rings is 1. The highest BCUT2D eigenvalue weighted by Crippen LogP contribution is 2.19. The van der Waals surface area contributed by atoms with Crippen molar-refractivity contribution in [1.82, 2.24) is 4.98 Å². The molecule has 0 aliphatic carbocycles. The molecule has 0 fully saturated rings. The van der Waals surface area contributed by atoms with E-state index in [1.165, 1.54) is 41.8 Å². The number of anilines is 2. The van der Waals surface area contributed by atoms with Gasteiger partial charge in [-0.3, -0.25) is 9.52 Å². The summed E-state index contributed by atoms with van der Waals surface area (Å²) < 4.78 is 26.5. The molecule has 1 aromatic carbocycles. The summed E-state index contributed by atoms with van der Waals surface area (Å²) in [7, 11) is -3.71. The third kappa shape index (κ3) is 4.01. The Kier molecular flexibility index (Phi) is 4.52. The van der Waals surface area contributed by atoms with E-state index in [0.29, 0.717) is 5.69 Å². The van der Waals surface area contributed by atoms with Crippen LogP contribution in [0, 0.1) is 11.3 Å². The summed E-state index contributed by atoms with van der Waals surface area (Å²) in [4.78, 5) is 15.1. The number of nitrogens with zero attached hydrogens (tertiary/aromatic N) is 2. The maximum Gasteiger partial charge on any atom is 0.263 e. The van der Waals surface area contributed by atoms with Crippen LogP contribution in [-0.2, 0) is 14.8 Å². The fourth-order valence-corrected chi connectivity index (χ4v) is 3.23. The minimum absolute atomic E-state index is 0.0518. The molecule has 2 rings (SSSR count). The van der Waals surface area contributed by atoms with Crippen molar-refractivity contribution < 1.29 is 13.2 Å². The molecule has 0 saturated carbocycles. The second kappa shape index (κ2) is 6.34. The number of sulfonamides is 1. The average molecular weight is 322 g/mol. The highest BCUT2D eigenvalue weighted by molar-refractivity contribution is 7.93. The molecule has 108 valence electrons. The topological polar surface area (TPSA) is 112 Å². The Balaban J connectivity index is 2.11. The summed E-state index contributed by atoms with van der Waals surface area (Å²) in [6.45, 7) is 0. The molecule has 1 heterocycles. The molecule has 0 unspecified atom stereocenters. The van der Waals surface area contributed by atoms with Gasteiger partial charge in [0.15, 0.2) is 5.13 Å². The van der Waals surface area contributed by atoms with E-state index in [0.717, 1.165) is 0 Å². The summed E-state index contributed by atoms with van der Waals surface area (Å²) in [6, 6.07) is 7.34. The highest BCUT2D eigenvalue weighted by atomic mass is 32.2. The SMILES string of the molecule is N#CCC(=O)Nc1ccc(S(=O)(=O)Nc2nccs2)cc1. The lowest BCUT2D eigenvalue weighted by Gasteiger charge is -2.07. The summed E-state index contributed by atoms with van der Waals surface area (Å²) in [5.41, 5.74) is 0.420. The van der Waals surface area contributed by atoms with Crippen molar-refractivity contribution in [3.8, 4) is 6.07 Å². The van der Waals surface area contributed by atoms with Crippen molar-refractivity contribution in [1.29, 1.82) is 5.26 Å². The number of hydrogen-bond acceptors (Lipinski definition) is 6. The smallest absolute Gasteiger partial charge is 0.263 e. The lowest BCUT2D eigenvalue weighted by Crippen LogP contribution is -2.13. The molecule has 0 radical (unpaired) electrons. The molecule has 0 aliphatic heterocycles. The van der Waals surface area contributed by atoms with Crippen LogP contribution in [0.3, 0.4) is 0 Å². The van der Waals surface area contributed by atoms with E-state index in [1.54, 1.807) is 11.4 Å². The van der Waals surface area contributed by atoms with Crippen molar-refractivity contribution in [2.24, 2.45) is 0 Å². The third-order valence-electron chi connectivity index (χ3n) is 2.34. The molecule has 7 nitrogen and oxygen atoms in total. The van der Waals surface area contributed by atoms with E-state index >= 15 is 0 Å². The predicted octanol–water partition coefficient (Wildman–Crippen LogP) is 1.80. The van der Waals surface area contributed by atoms with E-state index in [2.05, 4.69) is 15.0 Å². The van der Waals surface area contributed by atoms with Crippen molar-refractivity contribution in [2.45, 2.75) is 11.3 Å². The second-order valence-electron chi connectivity index (χ2n) is 3.85. The van der Waals surface area contributed by atoms with Crippen molar-refractivity contribution >= 4 is 38.1 Å². The number of aromatic nitrogens is 1. The van der Waals surface area contributed by atoms with E-state index in [-0.39, 0.29) is 16.4 Å². The van der Waals surface area contributed by atoms with E-state index < -0.39 is 15.9 Å². The first-order chi connectivity index (χ1) is 10.0. The van der Waals surface area contributed by atoms with Gasteiger partial charge in [-0.05, 0) is 24.3 Å². The first-order valence-electron chi connectivity index (χ1n) is 5.70. The van der Waals surface area contributed by atoms with Crippen LogP contribution in [0.1, 0.15) is 6.42 Å². The molecule has 0 aliphatic rings. The summed E-state index contributed by atoms with van der Waals surface area (Å²) in [5, 5.41) is 12.8. The Labute approximate surface area is 125 Å². The second-order valence-corrected chi connectivity index (χ2v) is 6.43. The maximum atomic E-state index is 12.1. The van der Waals surface area contributed by atoms with Gasteiger partial charge in [-0.15, -0.1) is 11.3 Å². The molecule has 2 N–H and O–H groups in total. The lowest BCUT2D eigenvalue weighted by molar-refractivity contribution is -0.115. The van der Waals surface area contributed by atoms with E-state index in [1.807, 2.05) is 0 Å². The van der Waals surface area contributed by atoms with Crippen molar-refractivity contribution in [3.05, 3.63) is 35.8 Å². The molecule has 1 aromatic heterocycles. The standard InChI is InChI=1S/C12H10N4O3S2/c13-6-5-11(17)15-9-1-3-10(4-2-9)21(18,19)16-12-14-7-8-20-12/h1-4,7-8H,5H2,(H,14,16)(H,15,17).